The summed E-state index contributed by atoms with van der Waals surface area (Å²) >= 11 is 11.8. The molecule has 3 rings (SSSR count). The summed E-state index contributed by atoms with van der Waals surface area (Å²) < 4.78 is 77.7. The molecule has 2 unspecified atom stereocenters. The van der Waals surface area contributed by atoms with Gasteiger partial charge in [0.1, 0.15) is 11.5 Å². The van der Waals surface area contributed by atoms with Gasteiger partial charge in [-0.2, -0.15) is 26.3 Å². The zero-order valence-electron chi connectivity index (χ0n) is 12.6. The van der Waals surface area contributed by atoms with Crippen LogP contribution in [-0.2, 0) is 6.18 Å². The minimum atomic E-state index is -4.68. The number of hydrogen-bond donors (Lipinski definition) is 2. The summed E-state index contributed by atoms with van der Waals surface area (Å²) in [4.78, 5) is 0. The lowest BCUT2D eigenvalue weighted by molar-refractivity contribution is -0.148. The highest BCUT2D eigenvalue weighted by Crippen LogP contribution is 2.58. The first-order valence-electron chi connectivity index (χ1n) is 7.09. The van der Waals surface area contributed by atoms with E-state index in [9.17, 15) is 26.3 Å². The maximum Gasteiger partial charge on any atom is 0.416 e. The average Bonchev–Trinajstić information content (AvgIpc) is 3.19. The van der Waals surface area contributed by atoms with Crippen molar-refractivity contribution in [3.8, 4) is 5.69 Å². The summed E-state index contributed by atoms with van der Waals surface area (Å²) in [6.07, 6.45) is -9.28. The molecule has 2 atom stereocenters. The van der Waals surface area contributed by atoms with Crippen LogP contribution in [-0.4, -0.2) is 16.0 Å². The standard InChI is InChI=1S/C14H10Cl2F6N4/c15-7-1-4(13(17,18)19)2-8(16)10(7)26-12(24)9(11(23)25-26)5-3-6(5)14(20,21)22/h1-2,5-6H,3,24H2,(H2,23,25). The molecule has 1 aromatic heterocycles. The van der Waals surface area contributed by atoms with Crippen molar-refractivity contribution >= 4 is 34.8 Å². The van der Waals surface area contributed by atoms with Crippen LogP contribution in [0.5, 0.6) is 0 Å². The van der Waals surface area contributed by atoms with Crippen molar-refractivity contribution in [2.45, 2.75) is 24.7 Å². The topological polar surface area (TPSA) is 69.9 Å². The highest BCUT2D eigenvalue weighted by molar-refractivity contribution is 6.38. The zero-order valence-corrected chi connectivity index (χ0v) is 14.1. The molecule has 0 bridgehead atoms. The number of aromatic nitrogens is 2. The Bertz CT molecular complexity index is 851. The van der Waals surface area contributed by atoms with Crippen LogP contribution in [0.4, 0.5) is 38.0 Å². The van der Waals surface area contributed by atoms with Crippen molar-refractivity contribution in [2.24, 2.45) is 5.92 Å². The number of nitrogens with zero attached hydrogens (tertiary/aromatic N) is 2. The molecule has 1 saturated carbocycles. The van der Waals surface area contributed by atoms with Gasteiger partial charge < -0.3 is 11.5 Å². The lowest BCUT2D eigenvalue weighted by atomic mass is 10.1. The smallest absolute Gasteiger partial charge is 0.383 e. The van der Waals surface area contributed by atoms with E-state index in [1.54, 1.807) is 0 Å². The number of alkyl halides is 6. The number of halogens is 8. The van der Waals surface area contributed by atoms with Crippen LogP contribution in [0.3, 0.4) is 0 Å². The highest BCUT2D eigenvalue weighted by atomic mass is 35.5. The molecule has 0 amide bonds. The first kappa shape index (κ1) is 19.0. The van der Waals surface area contributed by atoms with E-state index in [1.165, 1.54) is 0 Å². The van der Waals surface area contributed by atoms with E-state index in [0.29, 0.717) is 12.1 Å². The van der Waals surface area contributed by atoms with Gasteiger partial charge in [0.25, 0.3) is 0 Å². The molecule has 0 saturated heterocycles. The maximum absolute atomic E-state index is 12.8. The molecule has 0 aliphatic heterocycles. The van der Waals surface area contributed by atoms with E-state index < -0.39 is 39.8 Å². The van der Waals surface area contributed by atoms with Gasteiger partial charge in [-0.1, -0.05) is 23.2 Å². The first-order chi connectivity index (χ1) is 11.8. The molecule has 1 aliphatic carbocycles. The third kappa shape index (κ3) is 3.16. The minimum absolute atomic E-state index is 0.0145. The average molecular weight is 419 g/mol. The predicted octanol–water partition coefficient (Wildman–Crippen LogP) is 5.03. The van der Waals surface area contributed by atoms with Crippen molar-refractivity contribution in [3.63, 3.8) is 0 Å². The first-order valence-corrected chi connectivity index (χ1v) is 7.85. The molecule has 0 radical (unpaired) electrons. The molecular formula is C14H10Cl2F6N4. The molecule has 1 aromatic carbocycles. The molecule has 26 heavy (non-hydrogen) atoms. The highest BCUT2D eigenvalue weighted by Gasteiger charge is 2.57. The van der Waals surface area contributed by atoms with Gasteiger partial charge >= 0.3 is 12.4 Å². The Morgan fingerprint density at radius 1 is 1.04 bits per heavy atom. The zero-order chi connectivity index (χ0) is 19.6. The fraction of sp³-hybridized carbons (Fsp3) is 0.357. The molecule has 12 heteroatoms. The van der Waals surface area contributed by atoms with Crippen molar-refractivity contribution in [1.82, 2.24) is 9.78 Å². The number of benzene rings is 1. The second-order valence-corrected chi connectivity index (χ2v) is 6.69. The SMILES string of the molecule is Nc1nn(-c2c(Cl)cc(C(F)(F)F)cc2Cl)c(N)c1C1CC1C(F)(F)F. The molecule has 142 valence electrons. The normalized spacial score (nSPS) is 20.5. The molecule has 4 N–H and O–H groups in total. The van der Waals surface area contributed by atoms with Gasteiger partial charge in [-0.25, -0.2) is 4.68 Å². The molecule has 2 aromatic rings. The van der Waals surface area contributed by atoms with Gasteiger partial charge in [-0.15, -0.1) is 5.10 Å². The summed E-state index contributed by atoms with van der Waals surface area (Å²) in [5.74, 6) is -3.06. The Kier molecular flexibility index (Phi) is 4.27. The number of hydrogen-bond acceptors (Lipinski definition) is 3. The lowest BCUT2D eigenvalue weighted by Crippen LogP contribution is -2.12. The Morgan fingerprint density at radius 2 is 1.58 bits per heavy atom. The van der Waals surface area contributed by atoms with Gasteiger partial charge in [-0.3, -0.25) is 0 Å². The molecule has 0 spiro atoms. The third-order valence-corrected chi connectivity index (χ3v) is 4.70. The fourth-order valence-electron chi connectivity index (χ4n) is 2.82. The largest absolute Gasteiger partial charge is 0.416 e. The van der Waals surface area contributed by atoms with Crippen LogP contribution in [0.2, 0.25) is 10.0 Å². The van der Waals surface area contributed by atoms with Crippen LogP contribution in [0.25, 0.3) is 5.69 Å². The van der Waals surface area contributed by atoms with E-state index in [-0.39, 0.29) is 29.3 Å². The van der Waals surface area contributed by atoms with Gasteiger partial charge in [-0.05, 0) is 18.6 Å². The van der Waals surface area contributed by atoms with Gasteiger partial charge in [0, 0.05) is 11.5 Å². The molecule has 1 heterocycles. The van der Waals surface area contributed by atoms with Crippen LogP contribution in [0, 0.1) is 5.92 Å². The predicted molar refractivity (Wildman–Crippen MR) is 84.3 cm³/mol. The second kappa shape index (κ2) is 5.85. The second-order valence-electron chi connectivity index (χ2n) is 5.87. The summed E-state index contributed by atoms with van der Waals surface area (Å²) in [7, 11) is 0. The van der Waals surface area contributed by atoms with Crippen LogP contribution >= 0.6 is 23.2 Å². The van der Waals surface area contributed by atoms with Crippen LogP contribution < -0.4 is 11.5 Å². The van der Waals surface area contributed by atoms with Crippen LogP contribution in [0.1, 0.15) is 23.5 Å². The summed E-state index contributed by atoms with van der Waals surface area (Å²) in [5.41, 5.74) is 10.2. The van der Waals surface area contributed by atoms with Gasteiger partial charge in [0.2, 0.25) is 0 Å². The van der Waals surface area contributed by atoms with Crippen molar-refractivity contribution in [2.75, 3.05) is 11.5 Å². The minimum Gasteiger partial charge on any atom is -0.383 e. The Morgan fingerprint density at radius 3 is 2.00 bits per heavy atom. The molecular weight excluding hydrogens is 409 g/mol. The van der Waals surface area contributed by atoms with Gasteiger partial charge in [0.05, 0.1) is 21.5 Å². The maximum atomic E-state index is 12.8. The van der Waals surface area contributed by atoms with E-state index in [0.717, 1.165) is 4.68 Å². The summed E-state index contributed by atoms with van der Waals surface area (Å²) in [5, 5.41) is 2.98. The summed E-state index contributed by atoms with van der Waals surface area (Å²) in [6.45, 7) is 0. The van der Waals surface area contributed by atoms with E-state index in [2.05, 4.69) is 5.10 Å². The van der Waals surface area contributed by atoms with E-state index in [4.69, 9.17) is 34.7 Å². The van der Waals surface area contributed by atoms with E-state index in [1.807, 2.05) is 0 Å². The Labute approximate surface area is 152 Å². The monoisotopic (exact) mass is 418 g/mol. The quantitative estimate of drug-likeness (QED) is 0.672. The van der Waals surface area contributed by atoms with Crippen molar-refractivity contribution in [3.05, 3.63) is 33.3 Å². The Hall–Kier alpha value is -1.81. The van der Waals surface area contributed by atoms with E-state index >= 15 is 0 Å². The van der Waals surface area contributed by atoms with Crippen molar-refractivity contribution < 1.29 is 26.3 Å². The lowest BCUT2D eigenvalue weighted by Gasteiger charge is -2.13. The molecule has 1 fully saturated rings. The fourth-order valence-corrected chi connectivity index (χ4v) is 3.47. The van der Waals surface area contributed by atoms with Crippen LogP contribution in [0.15, 0.2) is 12.1 Å². The summed E-state index contributed by atoms with van der Waals surface area (Å²) in [6, 6.07) is 1.24. The number of anilines is 2. The van der Waals surface area contributed by atoms with Gasteiger partial charge in [0.15, 0.2) is 5.82 Å². The number of rotatable bonds is 2. The molecule has 4 nitrogen and oxygen atoms in total. The number of nitrogen functional groups attached to an aromatic ring is 2. The third-order valence-electron chi connectivity index (χ3n) is 4.13. The Balaban J connectivity index is 2.06. The molecule has 1 aliphatic rings. The van der Waals surface area contributed by atoms with Crippen molar-refractivity contribution in [1.29, 1.82) is 0 Å². The number of nitrogens with two attached hydrogens (primary N) is 2.